The van der Waals surface area contributed by atoms with Crippen molar-refractivity contribution in [3.05, 3.63) is 18.1 Å². The van der Waals surface area contributed by atoms with Crippen molar-refractivity contribution in [3.8, 4) is 6.07 Å². The lowest BCUT2D eigenvalue weighted by Crippen LogP contribution is -2.31. The van der Waals surface area contributed by atoms with Gasteiger partial charge in [-0.1, -0.05) is 0 Å². The maximum atomic E-state index is 8.66. The van der Waals surface area contributed by atoms with Crippen LogP contribution in [0.15, 0.2) is 12.3 Å². The van der Waals surface area contributed by atoms with Crippen LogP contribution < -0.4 is 4.90 Å². The second-order valence-corrected chi connectivity index (χ2v) is 3.23. The molecule has 0 saturated heterocycles. The fourth-order valence-corrected chi connectivity index (χ4v) is 1.35. The first kappa shape index (κ1) is 10.5. The van der Waals surface area contributed by atoms with Crippen LogP contribution in [0, 0.1) is 11.3 Å². The molecule has 0 aliphatic rings. The third-order valence-electron chi connectivity index (χ3n) is 2.00. The number of hydrogen-bond acceptors (Lipinski definition) is 4. The number of aromatic nitrogens is 2. The number of nitrogens with zero attached hydrogens (tertiary/aromatic N) is 4. The highest BCUT2D eigenvalue weighted by Gasteiger charge is 2.09. The molecule has 4 heteroatoms. The van der Waals surface area contributed by atoms with Gasteiger partial charge in [-0.25, -0.2) is 9.97 Å². The molecule has 4 nitrogen and oxygen atoms in total. The molecule has 0 aliphatic carbocycles. The van der Waals surface area contributed by atoms with Gasteiger partial charge in [0.1, 0.15) is 11.9 Å². The molecule has 14 heavy (non-hydrogen) atoms. The summed E-state index contributed by atoms with van der Waals surface area (Å²) in [7, 11) is 0. The smallest absolute Gasteiger partial charge is 0.234 e. The molecular weight excluding hydrogens is 176 g/mol. The second-order valence-electron chi connectivity index (χ2n) is 3.23. The summed E-state index contributed by atoms with van der Waals surface area (Å²) in [5.74, 6) is 1.04. The largest absolute Gasteiger partial charge is 0.354 e. The third kappa shape index (κ3) is 2.19. The Bertz CT molecular complexity index is 340. The summed E-state index contributed by atoms with van der Waals surface area (Å²) in [6, 6.07) is 4.14. The van der Waals surface area contributed by atoms with Gasteiger partial charge in [-0.3, -0.25) is 0 Å². The first-order valence-electron chi connectivity index (χ1n) is 4.68. The summed E-state index contributed by atoms with van der Waals surface area (Å²) in [4.78, 5) is 10.1. The Morgan fingerprint density at radius 3 is 2.79 bits per heavy atom. The van der Waals surface area contributed by atoms with Crippen LogP contribution in [0.5, 0.6) is 0 Å². The van der Waals surface area contributed by atoms with Crippen LogP contribution in [0.25, 0.3) is 0 Å². The molecule has 1 heterocycles. The Kier molecular flexibility index (Phi) is 3.41. The van der Waals surface area contributed by atoms with E-state index in [9.17, 15) is 0 Å². The van der Waals surface area contributed by atoms with Crippen molar-refractivity contribution in [2.75, 3.05) is 11.4 Å². The van der Waals surface area contributed by atoms with Gasteiger partial charge < -0.3 is 4.90 Å². The van der Waals surface area contributed by atoms with Crippen molar-refractivity contribution in [1.82, 2.24) is 9.97 Å². The Morgan fingerprint density at radius 1 is 1.57 bits per heavy atom. The van der Waals surface area contributed by atoms with E-state index in [0.29, 0.717) is 6.04 Å². The molecule has 0 saturated carbocycles. The maximum absolute atomic E-state index is 8.66. The zero-order chi connectivity index (χ0) is 10.6. The van der Waals surface area contributed by atoms with Crippen molar-refractivity contribution in [2.45, 2.75) is 26.8 Å². The van der Waals surface area contributed by atoms with Gasteiger partial charge in [0, 0.05) is 18.8 Å². The minimum Gasteiger partial charge on any atom is -0.354 e. The van der Waals surface area contributed by atoms with Gasteiger partial charge in [-0.2, -0.15) is 5.26 Å². The van der Waals surface area contributed by atoms with E-state index >= 15 is 0 Å². The SMILES string of the molecule is CCN(c1ccnc(C#N)n1)C(C)C. The Hall–Kier alpha value is -1.63. The minimum absolute atomic E-state index is 0.224. The molecule has 0 fully saturated rings. The Balaban J connectivity index is 2.99. The fraction of sp³-hybridized carbons (Fsp3) is 0.500. The van der Waals surface area contributed by atoms with E-state index in [2.05, 4.69) is 35.6 Å². The zero-order valence-electron chi connectivity index (χ0n) is 8.73. The molecule has 0 atom stereocenters. The molecule has 0 aromatic carbocycles. The summed E-state index contributed by atoms with van der Waals surface area (Å²) in [5.41, 5.74) is 0. The lowest BCUT2D eigenvalue weighted by Gasteiger charge is -2.25. The van der Waals surface area contributed by atoms with Crippen LogP contribution in [0.4, 0.5) is 5.82 Å². The highest BCUT2D eigenvalue weighted by atomic mass is 15.2. The summed E-state index contributed by atoms with van der Waals surface area (Å²) in [5, 5.41) is 8.66. The molecule has 0 spiro atoms. The highest BCUT2D eigenvalue weighted by molar-refractivity contribution is 5.39. The maximum Gasteiger partial charge on any atom is 0.234 e. The summed E-state index contributed by atoms with van der Waals surface area (Å²) < 4.78 is 0. The average molecular weight is 190 g/mol. The van der Waals surface area contributed by atoms with E-state index in [0.717, 1.165) is 12.4 Å². The zero-order valence-corrected chi connectivity index (χ0v) is 8.73. The van der Waals surface area contributed by atoms with E-state index in [1.54, 1.807) is 6.20 Å². The van der Waals surface area contributed by atoms with Gasteiger partial charge in [0.2, 0.25) is 5.82 Å². The normalized spacial score (nSPS) is 9.93. The van der Waals surface area contributed by atoms with Crippen LogP contribution in [0.3, 0.4) is 0 Å². The molecule has 1 aromatic heterocycles. The molecule has 1 rings (SSSR count). The van der Waals surface area contributed by atoms with E-state index in [1.807, 2.05) is 12.1 Å². The summed E-state index contributed by atoms with van der Waals surface area (Å²) >= 11 is 0. The van der Waals surface area contributed by atoms with E-state index < -0.39 is 0 Å². The quantitative estimate of drug-likeness (QED) is 0.726. The van der Waals surface area contributed by atoms with Crippen molar-refractivity contribution in [2.24, 2.45) is 0 Å². The van der Waals surface area contributed by atoms with Gasteiger partial charge in [-0.15, -0.1) is 0 Å². The topological polar surface area (TPSA) is 52.8 Å². The highest BCUT2D eigenvalue weighted by Crippen LogP contribution is 2.12. The minimum atomic E-state index is 0.224. The number of rotatable bonds is 3. The predicted octanol–water partition coefficient (Wildman–Crippen LogP) is 1.58. The molecule has 0 amide bonds. The van der Waals surface area contributed by atoms with Crippen LogP contribution in [-0.4, -0.2) is 22.6 Å². The lowest BCUT2D eigenvalue weighted by atomic mass is 10.3. The van der Waals surface area contributed by atoms with E-state index in [-0.39, 0.29) is 5.82 Å². The van der Waals surface area contributed by atoms with Crippen LogP contribution >= 0.6 is 0 Å². The number of anilines is 1. The molecule has 0 N–H and O–H groups in total. The van der Waals surface area contributed by atoms with Crippen LogP contribution in [-0.2, 0) is 0 Å². The predicted molar refractivity (Wildman–Crippen MR) is 54.9 cm³/mol. The van der Waals surface area contributed by atoms with Gasteiger partial charge in [-0.05, 0) is 26.8 Å². The van der Waals surface area contributed by atoms with E-state index in [4.69, 9.17) is 5.26 Å². The molecule has 0 unspecified atom stereocenters. The van der Waals surface area contributed by atoms with Crippen LogP contribution in [0.2, 0.25) is 0 Å². The average Bonchev–Trinajstić information content (AvgIpc) is 2.19. The Morgan fingerprint density at radius 2 is 2.29 bits per heavy atom. The van der Waals surface area contributed by atoms with Gasteiger partial charge in [0.15, 0.2) is 0 Å². The Labute approximate surface area is 84.2 Å². The lowest BCUT2D eigenvalue weighted by molar-refractivity contribution is 0.691. The molecule has 0 radical (unpaired) electrons. The first-order chi connectivity index (χ1) is 6.69. The standard InChI is InChI=1S/C10H14N4/c1-4-14(8(2)3)10-5-6-12-9(7-11)13-10/h5-6,8H,4H2,1-3H3. The number of nitriles is 1. The first-order valence-corrected chi connectivity index (χ1v) is 4.68. The molecule has 0 bridgehead atoms. The van der Waals surface area contributed by atoms with Crippen molar-refractivity contribution in [1.29, 1.82) is 5.26 Å². The number of hydrogen-bond donors (Lipinski definition) is 0. The summed E-state index contributed by atoms with van der Waals surface area (Å²) in [6.45, 7) is 7.13. The van der Waals surface area contributed by atoms with Crippen molar-refractivity contribution in [3.63, 3.8) is 0 Å². The second kappa shape index (κ2) is 4.56. The van der Waals surface area contributed by atoms with Crippen molar-refractivity contribution >= 4 is 5.82 Å². The van der Waals surface area contributed by atoms with Gasteiger partial charge in [0.05, 0.1) is 0 Å². The monoisotopic (exact) mass is 190 g/mol. The molecular formula is C10H14N4. The van der Waals surface area contributed by atoms with Crippen LogP contribution in [0.1, 0.15) is 26.6 Å². The van der Waals surface area contributed by atoms with Gasteiger partial charge >= 0.3 is 0 Å². The third-order valence-corrected chi connectivity index (χ3v) is 2.00. The van der Waals surface area contributed by atoms with Gasteiger partial charge in [0.25, 0.3) is 0 Å². The fourth-order valence-electron chi connectivity index (χ4n) is 1.35. The summed E-state index contributed by atoms with van der Waals surface area (Å²) in [6.07, 6.45) is 1.62. The van der Waals surface area contributed by atoms with E-state index in [1.165, 1.54) is 0 Å². The molecule has 74 valence electrons. The molecule has 1 aromatic rings. The molecule has 0 aliphatic heterocycles. The van der Waals surface area contributed by atoms with Crippen molar-refractivity contribution < 1.29 is 0 Å².